The summed E-state index contributed by atoms with van der Waals surface area (Å²) in [4.78, 5) is -1.12. The highest BCUT2D eigenvalue weighted by atomic mass is 35.5. The lowest BCUT2D eigenvalue weighted by atomic mass is 9.97. The van der Waals surface area contributed by atoms with Crippen LogP contribution in [0.1, 0.15) is 30.4 Å². The van der Waals surface area contributed by atoms with Crippen LogP contribution in [0.2, 0.25) is 10.0 Å². The van der Waals surface area contributed by atoms with Gasteiger partial charge in [0.15, 0.2) is 4.90 Å². The molecule has 1 aliphatic rings. The maximum Gasteiger partial charge on any atom is 0.243 e. The number of halogens is 4. The molecule has 1 aliphatic carbocycles. The summed E-state index contributed by atoms with van der Waals surface area (Å²) >= 11 is 12.0. The molecule has 0 bridgehead atoms. The molecule has 2 aromatic rings. The fourth-order valence-corrected chi connectivity index (χ4v) is 4.03. The Morgan fingerprint density at radius 3 is 1.96 bits per heavy atom. The molecule has 0 unspecified atom stereocenters. The normalized spacial score (nSPS) is 15.1. The average molecular weight is 404 g/mol. The number of hydrogen-bond donors (Lipinski definition) is 1. The first kappa shape index (κ1) is 18.3. The van der Waals surface area contributed by atoms with Crippen molar-refractivity contribution < 1.29 is 17.2 Å². The van der Waals surface area contributed by atoms with Crippen LogP contribution in [0.4, 0.5) is 8.78 Å². The molecule has 25 heavy (non-hydrogen) atoms. The fraction of sp³-hybridized carbons (Fsp3) is 0.176. The van der Waals surface area contributed by atoms with Gasteiger partial charge in [0, 0.05) is 0 Å². The van der Waals surface area contributed by atoms with Gasteiger partial charge in [-0.2, -0.15) is 0 Å². The molecule has 132 valence electrons. The van der Waals surface area contributed by atoms with Crippen LogP contribution in [0, 0.1) is 11.6 Å². The third-order valence-corrected chi connectivity index (χ3v) is 5.82. The topological polar surface area (TPSA) is 60.2 Å². The standard InChI is InChI=1S/C17H13Cl2F2NO2S/c18-13-5-4-9(6-14(13)19)11-2-1-3-12(11)10-7-15(20)17(16(21)8-10)25(22,23)24/h4-8H,1-3H2,(H2,22,23,24). The number of sulfonamides is 1. The molecule has 0 saturated carbocycles. The molecule has 3 nitrogen and oxygen atoms in total. The SMILES string of the molecule is NS(=O)(=O)c1c(F)cc(C2=C(c3ccc(Cl)c(Cl)c3)CCC2)cc1F. The second kappa shape index (κ2) is 6.68. The summed E-state index contributed by atoms with van der Waals surface area (Å²) in [6.07, 6.45) is 2.14. The first-order valence-electron chi connectivity index (χ1n) is 7.38. The Morgan fingerprint density at radius 1 is 0.880 bits per heavy atom. The highest BCUT2D eigenvalue weighted by Crippen LogP contribution is 2.41. The molecule has 0 aliphatic heterocycles. The van der Waals surface area contributed by atoms with Crippen LogP contribution in [0.25, 0.3) is 11.1 Å². The van der Waals surface area contributed by atoms with E-state index in [0.717, 1.165) is 35.3 Å². The van der Waals surface area contributed by atoms with E-state index in [0.29, 0.717) is 28.5 Å². The third kappa shape index (κ3) is 3.58. The van der Waals surface area contributed by atoms with E-state index in [1.54, 1.807) is 18.2 Å². The van der Waals surface area contributed by atoms with E-state index in [1.807, 2.05) is 0 Å². The molecule has 0 aromatic heterocycles. The molecule has 2 aromatic carbocycles. The Kier molecular flexibility index (Phi) is 4.90. The molecular weight excluding hydrogens is 391 g/mol. The number of hydrogen-bond acceptors (Lipinski definition) is 2. The van der Waals surface area contributed by atoms with Crippen LogP contribution < -0.4 is 5.14 Å². The first-order chi connectivity index (χ1) is 11.7. The summed E-state index contributed by atoms with van der Waals surface area (Å²) < 4.78 is 50.9. The zero-order valence-electron chi connectivity index (χ0n) is 12.8. The predicted molar refractivity (Wildman–Crippen MR) is 94.9 cm³/mol. The Hall–Kier alpha value is -1.47. The van der Waals surface area contributed by atoms with Crippen molar-refractivity contribution >= 4 is 44.4 Å². The van der Waals surface area contributed by atoms with Gasteiger partial charge in [-0.15, -0.1) is 0 Å². The van der Waals surface area contributed by atoms with Crippen LogP contribution in [0.5, 0.6) is 0 Å². The Balaban J connectivity index is 2.15. The van der Waals surface area contributed by atoms with Crippen molar-refractivity contribution in [2.45, 2.75) is 24.2 Å². The van der Waals surface area contributed by atoms with Crippen LogP contribution in [0.15, 0.2) is 35.2 Å². The predicted octanol–water partition coefficient (Wildman–Crippen LogP) is 5.01. The second-order valence-electron chi connectivity index (χ2n) is 5.75. The van der Waals surface area contributed by atoms with Gasteiger partial charge in [-0.25, -0.2) is 22.3 Å². The van der Waals surface area contributed by atoms with Gasteiger partial charge in [-0.3, -0.25) is 0 Å². The largest absolute Gasteiger partial charge is 0.243 e. The first-order valence-corrected chi connectivity index (χ1v) is 9.68. The number of nitrogens with two attached hydrogens (primary N) is 1. The number of benzene rings is 2. The number of rotatable bonds is 3. The zero-order valence-corrected chi connectivity index (χ0v) is 15.2. The van der Waals surface area contributed by atoms with E-state index < -0.39 is 26.6 Å². The minimum absolute atomic E-state index is 0.293. The van der Waals surface area contributed by atoms with E-state index in [9.17, 15) is 17.2 Å². The van der Waals surface area contributed by atoms with Crippen molar-refractivity contribution in [1.29, 1.82) is 0 Å². The maximum atomic E-state index is 14.1. The van der Waals surface area contributed by atoms with E-state index in [1.165, 1.54) is 0 Å². The molecular formula is C17H13Cl2F2NO2S. The van der Waals surface area contributed by atoms with Crippen molar-refractivity contribution in [2.75, 3.05) is 0 Å². The van der Waals surface area contributed by atoms with Crippen LogP contribution >= 0.6 is 23.2 Å². The summed E-state index contributed by atoms with van der Waals surface area (Å²) in [5.41, 5.74) is 2.76. The average Bonchev–Trinajstić information content (AvgIpc) is 2.97. The zero-order chi connectivity index (χ0) is 18.4. The van der Waals surface area contributed by atoms with Crippen LogP contribution in [0.3, 0.4) is 0 Å². The molecule has 0 amide bonds. The number of allylic oxidation sites excluding steroid dienone is 2. The molecule has 0 radical (unpaired) electrons. The number of primary sulfonamides is 1. The molecule has 2 N–H and O–H groups in total. The summed E-state index contributed by atoms with van der Waals surface area (Å²) in [6.45, 7) is 0. The van der Waals surface area contributed by atoms with E-state index in [4.69, 9.17) is 28.3 Å². The van der Waals surface area contributed by atoms with Crippen LogP contribution in [-0.4, -0.2) is 8.42 Å². The molecule has 3 rings (SSSR count). The van der Waals surface area contributed by atoms with E-state index in [2.05, 4.69) is 0 Å². The highest BCUT2D eigenvalue weighted by Gasteiger charge is 2.25. The molecule has 0 atom stereocenters. The van der Waals surface area contributed by atoms with E-state index >= 15 is 0 Å². The van der Waals surface area contributed by atoms with Gasteiger partial charge in [0.1, 0.15) is 11.6 Å². The molecule has 0 fully saturated rings. The molecule has 8 heteroatoms. The minimum Gasteiger partial charge on any atom is -0.224 e. The van der Waals surface area contributed by atoms with Crippen molar-refractivity contribution in [1.82, 2.24) is 0 Å². The monoisotopic (exact) mass is 403 g/mol. The van der Waals surface area contributed by atoms with Gasteiger partial charge in [-0.1, -0.05) is 29.3 Å². The second-order valence-corrected chi connectivity index (χ2v) is 8.07. The molecule has 0 heterocycles. The quantitative estimate of drug-likeness (QED) is 0.782. The van der Waals surface area contributed by atoms with Crippen molar-refractivity contribution in [3.05, 3.63) is 63.1 Å². The smallest absolute Gasteiger partial charge is 0.224 e. The van der Waals surface area contributed by atoms with Crippen molar-refractivity contribution in [3.8, 4) is 0 Å². The Bertz CT molecular complexity index is 981. The van der Waals surface area contributed by atoms with Gasteiger partial charge < -0.3 is 0 Å². The van der Waals surface area contributed by atoms with Gasteiger partial charge in [-0.05, 0) is 65.8 Å². The maximum absolute atomic E-state index is 14.1. The van der Waals surface area contributed by atoms with E-state index in [-0.39, 0.29) is 0 Å². The lowest BCUT2D eigenvalue weighted by molar-refractivity contribution is 0.519. The Morgan fingerprint density at radius 2 is 1.44 bits per heavy atom. The highest BCUT2D eigenvalue weighted by molar-refractivity contribution is 7.89. The molecule has 0 spiro atoms. The van der Waals surface area contributed by atoms with Gasteiger partial charge in [0.25, 0.3) is 0 Å². The van der Waals surface area contributed by atoms with Crippen LogP contribution in [-0.2, 0) is 10.0 Å². The Labute approximate surface area is 154 Å². The summed E-state index contributed by atoms with van der Waals surface area (Å²) in [5.74, 6) is -2.41. The summed E-state index contributed by atoms with van der Waals surface area (Å²) in [5, 5.41) is 5.67. The summed E-state index contributed by atoms with van der Waals surface area (Å²) in [7, 11) is -4.48. The minimum atomic E-state index is -4.48. The lowest BCUT2D eigenvalue weighted by Crippen LogP contribution is -2.16. The molecule has 0 saturated heterocycles. The summed E-state index contributed by atoms with van der Waals surface area (Å²) in [6, 6.07) is 7.16. The van der Waals surface area contributed by atoms with Gasteiger partial charge >= 0.3 is 0 Å². The lowest BCUT2D eigenvalue weighted by Gasteiger charge is -2.11. The van der Waals surface area contributed by atoms with Crippen molar-refractivity contribution in [2.24, 2.45) is 5.14 Å². The fourth-order valence-electron chi connectivity index (χ4n) is 3.07. The van der Waals surface area contributed by atoms with Crippen molar-refractivity contribution in [3.63, 3.8) is 0 Å². The van der Waals surface area contributed by atoms with Gasteiger partial charge in [0.05, 0.1) is 10.0 Å². The third-order valence-electron chi connectivity index (χ3n) is 4.12. The van der Waals surface area contributed by atoms with Gasteiger partial charge in [0.2, 0.25) is 10.0 Å².